The number of nitrogens with one attached hydrogen (secondary N) is 1. The molecule has 0 heterocycles. The minimum atomic E-state index is -1.07. The minimum Gasteiger partial charge on any atom is -0.480 e. The van der Waals surface area contributed by atoms with Gasteiger partial charge in [-0.1, -0.05) is 11.6 Å². The summed E-state index contributed by atoms with van der Waals surface area (Å²) in [7, 11) is 0. The lowest BCUT2D eigenvalue weighted by Crippen LogP contribution is -2.41. The van der Waals surface area contributed by atoms with E-state index in [4.69, 9.17) is 22.4 Å². The van der Waals surface area contributed by atoms with Crippen LogP contribution in [-0.2, 0) is 9.59 Å². The SMILES string of the molecule is CC(=O)NC(CSc1ccc(N)c(Cl)c1)C(=O)O. The average molecular weight is 289 g/mol. The second kappa shape index (κ2) is 6.51. The Hall–Kier alpha value is -1.40. The highest BCUT2D eigenvalue weighted by molar-refractivity contribution is 7.99. The number of carbonyl (C=O) groups excluding carboxylic acids is 1. The highest BCUT2D eigenvalue weighted by atomic mass is 35.5. The molecule has 18 heavy (non-hydrogen) atoms. The molecule has 98 valence electrons. The number of aliphatic carboxylic acids is 1. The lowest BCUT2D eigenvalue weighted by Gasteiger charge is -2.12. The first-order valence-corrected chi connectivity index (χ1v) is 6.44. The van der Waals surface area contributed by atoms with Crippen molar-refractivity contribution >= 4 is 40.9 Å². The van der Waals surface area contributed by atoms with Gasteiger partial charge >= 0.3 is 5.97 Å². The van der Waals surface area contributed by atoms with Gasteiger partial charge in [-0.25, -0.2) is 4.79 Å². The van der Waals surface area contributed by atoms with E-state index in [2.05, 4.69) is 5.32 Å². The number of anilines is 1. The Labute approximate surface area is 114 Å². The van der Waals surface area contributed by atoms with Crippen LogP contribution in [0.15, 0.2) is 23.1 Å². The number of nitrogens with two attached hydrogens (primary N) is 1. The number of hydrogen-bond donors (Lipinski definition) is 3. The maximum Gasteiger partial charge on any atom is 0.327 e. The second-order valence-electron chi connectivity index (χ2n) is 3.59. The van der Waals surface area contributed by atoms with Crippen molar-refractivity contribution < 1.29 is 14.7 Å². The summed E-state index contributed by atoms with van der Waals surface area (Å²) in [5, 5.41) is 11.7. The number of halogens is 1. The van der Waals surface area contributed by atoms with Gasteiger partial charge in [0.2, 0.25) is 5.91 Å². The van der Waals surface area contributed by atoms with E-state index in [1.807, 2.05) is 0 Å². The number of rotatable bonds is 5. The number of carboxylic acids is 1. The summed E-state index contributed by atoms with van der Waals surface area (Å²) in [4.78, 5) is 22.5. The van der Waals surface area contributed by atoms with Gasteiger partial charge in [-0.3, -0.25) is 4.79 Å². The predicted molar refractivity (Wildman–Crippen MR) is 71.8 cm³/mol. The molecule has 0 spiro atoms. The van der Waals surface area contributed by atoms with E-state index in [1.165, 1.54) is 18.7 Å². The van der Waals surface area contributed by atoms with Crippen LogP contribution in [0.25, 0.3) is 0 Å². The van der Waals surface area contributed by atoms with Crippen LogP contribution in [0.2, 0.25) is 5.02 Å². The monoisotopic (exact) mass is 288 g/mol. The number of benzene rings is 1. The van der Waals surface area contributed by atoms with Crippen LogP contribution < -0.4 is 11.1 Å². The summed E-state index contributed by atoms with van der Waals surface area (Å²) in [6.45, 7) is 1.28. The van der Waals surface area contributed by atoms with E-state index in [0.29, 0.717) is 10.7 Å². The van der Waals surface area contributed by atoms with Gasteiger partial charge in [0.25, 0.3) is 0 Å². The van der Waals surface area contributed by atoms with Crippen LogP contribution in [-0.4, -0.2) is 28.8 Å². The first kappa shape index (κ1) is 14.7. The van der Waals surface area contributed by atoms with Crippen molar-refractivity contribution in [3.8, 4) is 0 Å². The van der Waals surface area contributed by atoms with Gasteiger partial charge in [0.1, 0.15) is 6.04 Å². The number of amides is 1. The summed E-state index contributed by atoms with van der Waals surface area (Å²) in [5.74, 6) is -1.23. The van der Waals surface area contributed by atoms with Gasteiger partial charge in [-0.2, -0.15) is 0 Å². The normalized spacial score (nSPS) is 11.9. The Morgan fingerprint density at radius 1 is 1.56 bits per heavy atom. The Morgan fingerprint density at radius 2 is 2.22 bits per heavy atom. The number of carboxylic acid groups (broad SMARTS) is 1. The summed E-state index contributed by atoms with van der Waals surface area (Å²) in [6, 6.07) is 4.13. The van der Waals surface area contributed by atoms with Crippen molar-refractivity contribution in [2.75, 3.05) is 11.5 Å². The van der Waals surface area contributed by atoms with Gasteiger partial charge in [0, 0.05) is 17.6 Å². The van der Waals surface area contributed by atoms with Crippen molar-refractivity contribution in [1.29, 1.82) is 0 Å². The topological polar surface area (TPSA) is 92.4 Å². The van der Waals surface area contributed by atoms with Crippen LogP contribution in [0.5, 0.6) is 0 Å². The van der Waals surface area contributed by atoms with Crippen molar-refractivity contribution in [2.45, 2.75) is 17.9 Å². The van der Waals surface area contributed by atoms with Crippen LogP contribution in [0, 0.1) is 0 Å². The molecule has 7 heteroatoms. The highest BCUT2D eigenvalue weighted by Gasteiger charge is 2.18. The zero-order valence-electron chi connectivity index (χ0n) is 9.64. The molecule has 0 aromatic heterocycles. The summed E-state index contributed by atoms with van der Waals surface area (Å²) in [5.41, 5.74) is 6.04. The molecule has 0 bridgehead atoms. The molecule has 0 saturated heterocycles. The largest absolute Gasteiger partial charge is 0.480 e. The van der Waals surface area contributed by atoms with E-state index in [9.17, 15) is 9.59 Å². The number of thioether (sulfide) groups is 1. The van der Waals surface area contributed by atoms with E-state index < -0.39 is 12.0 Å². The molecule has 0 fully saturated rings. The third kappa shape index (κ3) is 4.46. The van der Waals surface area contributed by atoms with E-state index in [-0.39, 0.29) is 11.7 Å². The van der Waals surface area contributed by atoms with E-state index in [0.717, 1.165) is 4.90 Å². The number of hydrogen-bond acceptors (Lipinski definition) is 4. The zero-order chi connectivity index (χ0) is 13.7. The van der Waals surface area contributed by atoms with Crippen molar-refractivity contribution in [1.82, 2.24) is 5.32 Å². The lowest BCUT2D eigenvalue weighted by molar-refractivity contribution is -0.140. The molecule has 1 aromatic carbocycles. The molecule has 4 N–H and O–H groups in total. The zero-order valence-corrected chi connectivity index (χ0v) is 11.2. The standard InChI is InChI=1S/C11H13ClN2O3S/c1-6(15)14-10(11(16)17)5-18-7-2-3-9(13)8(12)4-7/h2-4,10H,5,13H2,1H3,(H,14,15)(H,16,17). The van der Waals surface area contributed by atoms with Crippen molar-refractivity contribution in [3.63, 3.8) is 0 Å². The average Bonchev–Trinajstić information content (AvgIpc) is 2.28. The Kier molecular flexibility index (Phi) is 5.30. The molecule has 0 saturated carbocycles. The molecular weight excluding hydrogens is 276 g/mol. The second-order valence-corrected chi connectivity index (χ2v) is 5.09. The molecule has 1 aromatic rings. The molecule has 5 nitrogen and oxygen atoms in total. The van der Waals surface area contributed by atoms with Crippen LogP contribution >= 0.6 is 23.4 Å². The Bertz CT molecular complexity index is 468. The molecular formula is C11H13ClN2O3S. The number of nitrogen functional groups attached to an aromatic ring is 1. The van der Waals surface area contributed by atoms with Gasteiger partial charge in [-0.05, 0) is 18.2 Å². The molecule has 0 aliphatic heterocycles. The maximum atomic E-state index is 10.9. The Balaban J connectivity index is 2.64. The maximum absolute atomic E-state index is 10.9. The molecule has 1 amide bonds. The fraction of sp³-hybridized carbons (Fsp3) is 0.273. The van der Waals surface area contributed by atoms with E-state index >= 15 is 0 Å². The van der Waals surface area contributed by atoms with Crippen LogP contribution in [0.1, 0.15) is 6.92 Å². The Morgan fingerprint density at radius 3 is 2.72 bits per heavy atom. The summed E-state index contributed by atoms with van der Waals surface area (Å²) >= 11 is 7.14. The van der Waals surface area contributed by atoms with Crippen LogP contribution in [0.3, 0.4) is 0 Å². The molecule has 1 atom stereocenters. The summed E-state index contributed by atoms with van der Waals surface area (Å²) < 4.78 is 0. The minimum absolute atomic E-state index is 0.217. The molecule has 0 aliphatic rings. The summed E-state index contributed by atoms with van der Waals surface area (Å²) in [6.07, 6.45) is 0. The number of carbonyl (C=O) groups is 2. The fourth-order valence-corrected chi connectivity index (χ4v) is 2.39. The molecule has 0 aliphatic carbocycles. The molecule has 1 unspecified atom stereocenters. The quantitative estimate of drug-likeness (QED) is 0.565. The molecule has 0 radical (unpaired) electrons. The first-order chi connectivity index (χ1) is 8.40. The van der Waals surface area contributed by atoms with Gasteiger partial charge < -0.3 is 16.2 Å². The third-order valence-electron chi connectivity index (χ3n) is 2.06. The molecule has 1 rings (SSSR count). The van der Waals surface area contributed by atoms with Gasteiger partial charge in [-0.15, -0.1) is 11.8 Å². The van der Waals surface area contributed by atoms with Crippen LogP contribution in [0.4, 0.5) is 5.69 Å². The van der Waals surface area contributed by atoms with E-state index in [1.54, 1.807) is 18.2 Å². The van der Waals surface area contributed by atoms with Crippen molar-refractivity contribution in [2.24, 2.45) is 0 Å². The predicted octanol–water partition coefficient (Wildman–Crippen LogP) is 1.60. The first-order valence-electron chi connectivity index (χ1n) is 5.08. The van der Waals surface area contributed by atoms with Gasteiger partial charge in [0.15, 0.2) is 0 Å². The third-order valence-corrected chi connectivity index (χ3v) is 3.48. The van der Waals surface area contributed by atoms with Gasteiger partial charge in [0.05, 0.1) is 10.7 Å². The highest BCUT2D eigenvalue weighted by Crippen LogP contribution is 2.26. The fourth-order valence-electron chi connectivity index (χ4n) is 1.20. The van der Waals surface area contributed by atoms with Crippen molar-refractivity contribution in [3.05, 3.63) is 23.2 Å². The lowest BCUT2D eigenvalue weighted by atomic mass is 10.3. The smallest absolute Gasteiger partial charge is 0.327 e.